The summed E-state index contributed by atoms with van der Waals surface area (Å²) >= 11 is 0. The predicted molar refractivity (Wildman–Crippen MR) is 114 cm³/mol. The summed E-state index contributed by atoms with van der Waals surface area (Å²) in [6.45, 7) is 3.55. The third kappa shape index (κ3) is 4.53. The fraction of sp³-hybridized carbons (Fsp3) is 0.375. The lowest BCUT2D eigenvalue weighted by Gasteiger charge is -2.32. The molecule has 6 heteroatoms. The van der Waals surface area contributed by atoms with Crippen molar-refractivity contribution in [2.75, 3.05) is 20.2 Å². The molecule has 0 N–H and O–H groups in total. The molecular formula is C24H27N3O3. The van der Waals surface area contributed by atoms with Crippen molar-refractivity contribution in [3.63, 3.8) is 0 Å². The number of carbonyl (C=O) groups is 1. The van der Waals surface area contributed by atoms with Crippen molar-refractivity contribution in [1.82, 2.24) is 15.0 Å². The Morgan fingerprint density at radius 1 is 1.20 bits per heavy atom. The van der Waals surface area contributed by atoms with Gasteiger partial charge in [-0.3, -0.25) is 4.79 Å². The summed E-state index contributed by atoms with van der Waals surface area (Å²) in [7, 11) is 1.63. The summed E-state index contributed by atoms with van der Waals surface area (Å²) in [6, 6.07) is 15.7. The third-order valence-electron chi connectivity index (χ3n) is 5.72. The van der Waals surface area contributed by atoms with Gasteiger partial charge in [-0.2, -0.15) is 4.98 Å². The van der Waals surface area contributed by atoms with Crippen molar-refractivity contribution in [2.45, 2.75) is 32.6 Å². The van der Waals surface area contributed by atoms with Gasteiger partial charge >= 0.3 is 0 Å². The normalized spacial score (nSPS) is 16.5. The summed E-state index contributed by atoms with van der Waals surface area (Å²) < 4.78 is 10.9. The van der Waals surface area contributed by atoms with E-state index in [2.05, 4.69) is 10.1 Å². The number of carbonyl (C=O) groups excluding carboxylic acids is 1. The molecule has 0 spiro atoms. The number of aromatic nitrogens is 2. The summed E-state index contributed by atoms with van der Waals surface area (Å²) in [5.74, 6) is 2.48. The van der Waals surface area contributed by atoms with E-state index in [4.69, 9.17) is 9.26 Å². The minimum Gasteiger partial charge on any atom is -0.496 e. The molecule has 0 unspecified atom stereocenters. The number of methoxy groups -OCH3 is 1. The maximum Gasteiger partial charge on any atom is 0.227 e. The molecule has 0 aliphatic carbocycles. The topological polar surface area (TPSA) is 68.5 Å². The Balaban J connectivity index is 1.39. The van der Waals surface area contributed by atoms with Gasteiger partial charge in [0, 0.05) is 30.6 Å². The molecule has 1 saturated heterocycles. The Morgan fingerprint density at radius 2 is 2.00 bits per heavy atom. The highest BCUT2D eigenvalue weighted by molar-refractivity contribution is 5.79. The van der Waals surface area contributed by atoms with Gasteiger partial charge in [-0.1, -0.05) is 47.6 Å². The first kappa shape index (κ1) is 20.1. The van der Waals surface area contributed by atoms with Gasteiger partial charge in [0.1, 0.15) is 5.75 Å². The van der Waals surface area contributed by atoms with Gasteiger partial charge in [0.25, 0.3) is 0 Å². The molecule has 4 rings (SSSR count). The van der Waals surface area contributed by atoms with Crippen LogP contribution in [0, 0.1) is 12.8 Å². The third-order valence-corrected chi connectivity index (χ3v) is 5.72. The highest BCUT2D eigenvalue weighted by Gasteiger charge is 2.26. The van der Waals surface area contributed by atoms with Crippen LogP contribution in [0.1, 0.15) is 29.9 Å². The highest BCUT2D eigenvalue weighted by atomic mass is 16.5. The summed E-state index contributed by atoms with van der Waals surface area (Å²) in [6.07, 6.45) is 3.09. The lowest BCUT2D eigenvalue weighted by molar-refractivity contribution is -0.132. The lowest BCUT2D eigenvalue weighted by Crippen LogP contribution is -2.41. The molecule has 6 nitrogen and oxygen atoms in total. The number of rotatable bonds is 6. The van der Waals surface area contributed by atoms with Crippen molar-refractivity contribution >= 4 is 5.91 Å². The number of hydrogen-bond acceptors (Lipinski definition) is 5. The van der Waals surface area contributed by atoms with Crippen molar-refractivity contribution in [1.29, 1.82) is 0 Å². The Kier molecular flexibility index (Phi) is 6.12. The molecule has 156 valence electrons. The first-order valence-corrected chi connectivity index (χ1v) is 10.4. The average Bonchev–Trinajstić information content (AvgIpc) is 3.22. The van der Waals surface area contributed by atoms with Gasteiger partial charge in [0.2, 0.25) is 17.6 Å². The standard InChI is InChI=1S/C24H27N3O3/c1-17-8-3-5-11-20(17)24-25-22(30-26-24)14-18-9-7-13-27(16-18)23(28)15-19-10-4-6-12-21(19)29-2/h3-6,8,10-12,18H,7,9,13-16H2,1-2H3/t18-/m0/s1. The van der Waals surface area contributed by atoms with Gasteiger partial charge in [-0.05, 0) is 37.3 Å². The molecule has 2 aromatic carbocycles. The lowest BCUT2D eigenvalue weighted by atomic mass is 9.94. The van der Waals surface area contributed by atoms with E-state index < -0.39 is 0 Å². The van der Waals surface area contributed by atoms with Crippen LogP contribution in [0.3, 0.4) is 0 Å². The fourth-order valence-electron chi connectivity index (χ4n) is 4.10. The van der Waals surface area contributed by atoms with Crippen LogP contribution in [0.5, 0.6) is 5.75 Å². The quantitative estimate of drug-likeness (QED) is 0.618. The van der Waals surface area contributed by atoms with Crippen LogP contribution in [-0.2, 0) is 17.6 Å². The monoisotopic (exact) mass is 405 g/mol. The molecule has 1 aliphatic rings. The molecule has 0 saturated carbocycles. The highest BCUT2D eigenvalue weighted by Crippen LogP contribution is 2.25. The molecule has 1 atom stereocenters. The Morgan fingerprint density at radius 3 is 2.83 bits per heavy atom. The second kappa shape index (κ2) is 9.11. The Hall–Kier alpha value is -3.15. The molecule has 3 aromatic rings. The second-order valence-electron chi connectivity index (χ2n) is 7.87. The Labute approximate surface area is 176 Å². The number of para-hydroxylation sites is 1. The molecule has 0 bridgehead atoms. The molecular weight excluding hydrogens is 378 g/mol. The first-order chi connectivity index (χ1) is 14.6. The predicted octanol–water partition coefficient (Wildman–Crippen LogP) is 4.08. The van der Waals surface area contributed by atoms with E-state index in [1.165, 1.54) is 0 Å². The minimum atomic E-state index is 0.135. The van der Waals surface area contributed by atoms with Crippen molar-refractivity contribution in [3.8, 4) is 17.1 Å². The molecule has 1 fully saturated rings. The molecule has 30 heavy (non-hydrogen) atoms. The maximum atomic E-state index is 12.9. The summed E-state index contributed by atoms with van der Waals surface area (Å²) in [4.78, 5) is 19.4. The van der Waals surface area contributed by atoms with E-state index in [9.17, 15) is 4.79 Å². The number of nitrogens with zero attached hydrogens (tertiary/aromatic N) is 3. The molecule has 1 aromatic heterocycles. The zero-order valence-electron chi connectivity index (χ0n) is 17.5. The molecule has 2 heterocycles. The van der Waals surface area contributed by atoms with Crippen LogP contribution in [-0.4, -0.2) is 41.1 Å². The van der Waals surface area contributed by atoms with E-state index in [0.717, 1.165) is 48.4 Å². The smallest absolute Gasteiger partial charge is 0.227 e. The van der Waals surface area contributed by atoms with E-state index in [1.54, 1.807) is 7.11 Å². The van der Waals surface area contributed by atoms with Crippen LogP contribution in [0.2, 0.25) is 0 Å². The van der Waals surface area contributed by atoms with E-state index in [1.807, 2.05) is 60.4 Å². The van der Waals surface area contributed by atoms with Gasteiger partial charge in [0.15, 0.2) is 0 Å². The van der Waals surface area contributed by atoms with Gasteiger partial charge in [0.05, 0.1) is 13.5 Å². The van der Waals surface area contributed by atoms with E-state index in [0.29, 0.717) is 30.5 Å². The molecule has 1 amide bonds. The van der Waals surface area contributed by atoms with Gasteiger partial charge in [-0.25, -0.2) is 0 Å². The fourth-order valence-corrected chi connectivity index (χ4v) is 4.10. The Bertz CT molecular complexity index is 1010. The zero-order chi connectivity index (χ0) is 20.9. The second-order valence-corrected chi connectivity index (χ2v) is 7.87. The van der Waals surface area contributed by atoms with Crippen LogP contribution in [0.25, 0.3) is 11.4 Å². The number of hydrogen-bond donors (Lipinski definition) is 0. The van der Waals surface area contributed by atoms with E-state index >= 15 is 0 Å². The number of likely N-dealkylation sites (tertiary alicyclic amines) is 1. The molecule has 0 radical (unpaired) electrons. The largest absolute Gasteiger partial charge is 0.496 e. The van der Waals surface area contributed by atoms with Gasteiger partial charge in [-0.15, -0.1) is 0 Å². The van der Waals surface area contributed by atoms with Crippen molar-refractivity contribution < 1.29 is 14.1 Å². The van der Waals surface area contributed by atoms with Crippen LogP contribution >= 0.6 is 0 Å². The van der Waals surface area contributed by atoms with E-state index in [-0.39, 0.29) is 5.91 Å². The van der Waals surface area contributed by atoms with Crippen molar-refractivity contribution in [3.05, 3.63) is 65.5 Å². The maximum absolute atomic E-state index is 12.9. The minimum absolute atomic E-state index is 0.135. The van der Waals surface area contributed by atoms with Gasteiger partial charge < -0.3 is 14.2 Å². The summed E-state index contributed by atoms with van der Waals surface area (Å²) in [5, 5.41) is 4.16. The van der Waals surface area contributed by atoms with Crippen molar-refractivity contribution in [2.24, 2.45) is 5.92 Å². The number of amides is 1. The van der Waals surface area contributed by atoms with Crippen LogP contribution in [0.15, 0.2) is 53.1 Å². The number of piperidine rings is 1. The number of benzene rings is 2. The zero-order valence-corrected chi connectivity index (χ0v) is 17.5. The van der Waals surface area contributed by atoms with Crippen LogP contribution < -0.4 is 4.74 Å². The van der Waals surface area contributed by atoms with Crippen LogP contribution in [0.4, 0.5) is 0 Å². The number of ether oxygens (including phenoxy) is 1. The first-order valence-electron chi connectivity index (χ1n) is 10.4. The molecule has 1 aliphatic heterocycles. The average molecular weight is 405 g/mol. The number of aryl methyl sites for hydroxylation is 1. The summed E-state index contributed by atoms with van der Waals surface area (Å²) in [5.41, 5.74) is 3.03. The SMILES string of the molecule is COc1ccccc1CC(=O)N1CCC[C@@H](Cc2nc(-c3ccccc3C)no2)C1.